The van der Waals surface area contributed by atoms with Crippen molar-refractivity contribution < 1.29 is 18.8 Å². The van der Waals surface area contributed by atoms with E-state index in [0.29, 0.717) is 16.9 Å². The Labute approximate surface area is 145 Å². The largest absolute Gasteiger partial charge is 0.472 e. The maximum absolute atomic E-state index is 12.9. The van der Waals surface area contributed by atoms with Crippen LogP contribution in [0.5, 0.6) is 0 Å². The molecule has 0 aliphatic carbocycles. The van der Waals surface area contributed by atoms with Crippen LogP contribution in [0, 0.1) is 0 Å². The van der Waals surface area contributed by atoms with Crippen LogP contribution in [-0.4, -0.2) is 42.3 Å². The summed E-state index contributed by atoms with van der Waals surface area (Å²) in [7, 11) is 1.56. The van der Waals surface area contributed by atoms with Crippen molar-refractivity contribution in [1.82, 2.24) is 4.90 Å². The highest BCUT2D eigenvalue weighted by molar-refractivity contribution is 6.06. The normalized spacial score (nSPS) is 16.6. The van der Waals surface area contributed by atoms with E-state index < -0.39 is 0 Å². The van der Waals surface area contributed by atoms with Crippen LogP contribution < -0.4 is 10.2 Å². The van der Waals surface area contributed by atoms with Crippen molar-refractivity contribution in [3.05, 3.63) is 48.4 Å². The number of furan rings is 1. The van der Waals surface area contributed by atoms with Crippen molar-refractivity contribution in [2.75, 3.05) is 23.8 Å². The molecule has 1 aliphatic heterocycles. The van der Waals surface area contributed by atoms with E-state index in [1.807, 2.05) is 13.0 Å². The van der Waals surface area contributed by atoms with Gasteiger partial charge >= 0.3 is 0 Å². The second-order valence-electron chi connectivity index (χ2n) is 6.06. The lowest BCUT2D eigenvalue weighted by Crippen LogP contribution is -2.45. The number of hydrogen-bond donors (Lipinski definition) is 1. The number of nitrogens with one attached hydrogen (secondary N) is 1. The molecule has 0 saturated heterocycles. The van der Waals surface area contributed by atoms with Crippen LogP contribution in [0.4, 0.5) is 11.4 Å². The molecule has 2 aromatic rings. The fraction of sp³-hybridized carbons (Fsp3) is 0.278. The molecule has 1 aromatic carbocycles. The van der Waals surface area contributed by atoms with Gasteiger partial charge in [-0.25, -0.2) is 0 Å². The molecular weight excluding hydrogens is 322 g/mol. The lowest BCUT2D eigenvalue weighted by atomic mass is 10.1. The highest BCUT2D eigenvalue weighted by Crippen LogP contribution is 2.31. The lowest BCUT2D eigenvalue weighted by Gasteiger charge is -2.29. The first-order valence-electron chi connectivity index (χ1n) is 7.96. The van der Waals surface area contributed by atoms with E-state index in [1.54, 1.807) is 36.2 Å². The molecule has 0 bridgehead atoms. The van der Waals surface area contributed by atoms with Gasteiger partial charge in [0.15, 0.2) is 0 Å². The monoisotopic (exact) mass is 341 g/mol. The summed E-state index contributed by atoms with van der Waals surface area (Å²) in [5, 5.41) is 2.81. The molecule has 1 atom stereocenters. The molecule has 7 heteroatoms. The molecule has 1 aromatic heterocycles. The maximum atomic E-state index is 12.9. The zero-order chi connectivity index (χ0) is 18.0. The molecule has 1 aliphatic rings. The predicted molar refractivity (Wildman–Crippen MR) is 92.3 cm³/mol. The third kappa shape index (κ3) is 3.40. The van der Waals surface area contributed by atoms with Crippen molar-refractivity contribution in [2.45, 2.75) is 19.4 Å². The zero-order valence-corrected chi connectivity index (χ0v) is 14.1. The molecular formula is C18H19N3O4. The summed E-state index contributed by atoms with van der Waals surface area (Å²) >= 11 is 0. The van der Waals surface area contributed by atoms with Gasteiger partial charge in [-0.1, -0.05) is 12.1 Å². The third-order valence-electron chi connectivity index (χ3n) is 4.12. The number of carbonyl (C=O) groups is 3. The van der Waals surface area contributed by atoms with Crippen molar-refractivity contribution in [2.24, 2.45) is 0 Å². The van der Waals surface area contributed by atoms with E-state index in [0.717, 1.165) is 0 Å². The summed E-state index contributed by atoms with van der Waals surface area (Å²) < 4.78 is 4.91. The lowest BCUT2D eigenvalue weighted by molar-refractivity contribution is -0.119. The molecule has 25 heavy (non-hydrogen) atoms. The van der Waals surface area contributed by atoms with E-state index in [9.17, 15) is 14.4 Å². The highest BCUT2D eigenvalue weighted by atomic mass is 16.3. The number of rotatable bonds is 3. The number of para-hydroxylation sites is 2. The second kappa shape index (κ2) is 6.80. The molecule has 3 amide bonds. The first kappa shape index (κ1) is 16.8. The van der Waals surface area contributed by atoms with Crippen LogP contribution in [-0.2, 0) is 9.59 Å². The van der Waals surface area contributed by atoms with Gasteiger partial charge < -0.3 is 19.5 Å². The Morgan fingerprint density at radius 1 is 1.32 bits per heavy atom. The van der Waals surface area contributed by atoms with Crippen LogP contribution in [0.2, 0.25) is 0 Å². The quantitative estimate of drug-likeness (QED) is 0.927. The topological polar surface area (TPSA) is 82.9 Å². The number of anilines is 2. The molecule has 130 valence electrons. The van der Waals surface area contributed by atoms with E-state index >= 15 is 0 Å². The number of nitrogens with zero attached hydrogens (tertiary/aromatic N) is 2. The standard InChI is InChI=1S/C18H19N3O4/c1-12-9-16(22)19-14-5-3-4-6-15(14)21(12)17(23)10-20(2)18(24)13-7-8-25-11-13/h3-8,11-12H,9-10H2,1-2H3,(H,19,22)/t12-/m0/s1. The van der Waals surface area contributed by atoms with E-state index in [1.165, 1.54) is 17.4 Å². The Morgan fingerprint density at radius 3 is 2.80 bits per heavy atom. The van der Waals surface area contributed by atoms with Crippen molar-refractivity contribution in [3.8, 4) is 0 Å². The molecule has 0 radical (unpaired) electrons. The SMILES string of the molecule is C[C@H]1CC(=O)Nc2ccccc2N1C(=O)CN(C)C(=O)c1ccoc1. The number of hydrogen-bond acceptors (Lipinski definition) is 4. The van der Waals surface area contributed by atoms with Gasteiger partial charge in [0.05, 0.1) is 23.2 Å². The highest BCUT2D eigenvalue weighted by Gasteiger charge is 2.30. The van der Waals surface area contributed by atoms with Crippen molar-refractivity contribution >= 4 is 29.1 Å². The number of fused-ring (bicyclic) bond motifs is 1. The van der Waals surface area contributed by atoms with Gasteiger partial charge in [0, 0.05) is 19.5 Å². The molecule has 1 N–H and O–H groups in total. The van der Waals surface area contributed by atoms with E-state index in [-0.39, 0.29) is 36.7 Å². The fourth-order valence-corrected chi connectivity index (χ4v) is 2.93. The average molecular weight is 341 g/mol. The molecule has 7 nitrogen and oxygen atoms in total. The van der Waals surface area contributed by atoms with Gasteiger partial charge in [0.25, 0.3) is 5.91 Å². The Morgan fingerprint density at radius 2 is 2.08 bits per heavy atom. The van der Waals surface area contributed by atoms with Gasteiger partial charge in [-0.15, -0.1) is 0 Å². The van der Waals surface area contributed by atoms with Gasteiger partial charge in [-0.05, 0) is 25.1 Å². The Balaban J connectivity index is 1.83. The molecule has 0 spiro atoms. The molecule has 0 unspecified atom stereocenters. The van der Waals surface area contributed by atoms with Crippen LogP contribution in [0.25, 0.3) is 0 Å². The fourth-order valence-electron chi connectivity index (χ4n) is 2.93. The Kier molecular flexibility index (Phi) is 4.56. The first-order valence-corrected chi connectivity index (χ1v) is 7.96. The summed E-state index contributed by atoms with van der Waals surface area (Å²) in [6.45, 7) is 1.72. The minimum absolute atomic E-state index is 0.100. The van der Waals surface area contributed by atoms with E-state index in [4.69, 9.17) is 4.42 Å². The number of carbonyl (C=O) groups excluding carboxylic acids is 3. The molecule has 0 saturated carbocycles. The van der Waals surface area contributed by atoms with Gasteiger partial charge in [-0.2, -0.15) is 0 Å². The summed E-state index contributed by atoms with van der Waals surface area (Å²) in [5.41, 5.74) is 1.61. The Hall–Kier alpha value is -3.09. The summed E-state index contributed by atoms with van der Waals surface area (Å²) in [4.78, 5) is 40.1. The van der Waals surface area contributed by atoms with Crippen molar-refractivity contribution in [3.63, 3.8) is 0 Å². The maximum Gasteiger partial charge on any atom is 0.257 e. The molecule has 0 fully saturated rings. The van der Waals surface area contributed by atoms with Crippen LogP contribution in [0.15, 0.2) is 47.3 Å². The van der Waals surface area contributed by atoms with E-state index in [2.05, 4.69) is 5.32 Å². The number of likely N-dealkylation sites (N-methyl/N-ethyl adjacent to an activating group) is 1. The van der Waals surface area contributed by atoms with Crippen LogP contribution in [0.3, 0.4) is 0 Å². The number of benzene rings is 1. The predicted octanol–water partition coefficient (Wildman–Crippen LogP) is 2.12. The Bertz CT molecular complexity index is 800. The van der Waals surface area contributed by atoms with Crippen molar-refractivity contribution in [1.29, 1.82) is 0 Å². The van der Waals surface area contributed by atoms with Gasteiger partial charge in [0.2, 0.25) is 11.8 Å². The number of amides is 3. The molecule has 3 rings (SSSR count). The van der Waals surface area contributed by atoms with Crippen LogP contribution in [0.1, 0.15) is 23.7 Å². The summed E-state index contributed by atoms with van der Waals surface area (Å²) in [6, 6.07) is 8.39. The average Bonchev–Trinajstić information content (AvgIpc) is 3.06. The van der Waals surface area contributed by atoms with Crippen LogP contribution >= 0.6 is 0 Å². The zero-order valence-electron chi connectivity index (χ0n) is 14.1. The third-order valence-corrected chi connectivity index (χ3v) is 4.12. The molecule has 2 heterocycles. The minimum Gasteiger partial charge on any atom is -0.472 e. The smallest absolute Gasteiger partial charge is 0.257 e. The van der Waals surface area contributed by atoms with Gasteiger partial charge in [0.1, 0.15) is 12.8 Å². The summed E-state index contributed by atoms with van der Waals surface area (Å²) in [5.74, 6) is -0.694. The van der Waals surface area contributed by atoms with Gasteiger partial charge in [-0.3, -0.25) is 14.4 Å². The first-order chi connectivity index (χ1) is 12.0. The minimum atomic E-state index is -0.312. The summed E-state index contributed by atoms with van der Waals surface area (Å²) in [6.07, 6.45) is 2.95. The second-order valence-corrected chi connectivity index (χ2v) is 6.06.